The highest BCUT2D eigenvalue weighted by Crippen LogP contribution is 2.25. The van der Waals surface area contributed by atoms with Gasteiger partial charge in [-0.15, -0.1) is 0 Å². The highest BCUT2D eigenvalue weighted by Gasteiger charge is 2.11. The number of unbranched alkanes of at least 4 members (excludes halogenated alkanes) is 1. The van der Waals surface area contributed by atoms with E-state index in [1.807, 2.05) is 24.3 Å². The zero-order chi connectivity index (χ0) is 16.9. The minimum absolute atomic E-state index is 0.207. The average molecular weight is 322 g/mol. The lowest BCUT2D eigenvalue weighted by molar-refractivity contribution is 0.384. The minimum Gasteiger partial charge on any atom is -0.513 e. The summed E-state index contributed by atoms with van der Waals surface area (Å²) in [6, 6.07) is 14.1. The molecule has 0 aliphatic carbocycles. The van der Waals surface area contributed by atoms with Crippen molar-refractivity contribution in [2.24, 2.45) is 0 Å². The maximum absolute atomic E-state index is 13.2. The zero-order valence-electron chi connectivity index (χ0n) is 13.4. The molecule has 1 aromatic heterocycles. The number of aliphatic hydroxyl groups is 1. The average Bonchev–Trinajstić information content (AvgIpc) is 2.58. The first-order valence-corrected chi connectivity index (χ1v) is 8.02. The van der Waals surface area contributed by atoms with Crippen molar-refractivity contribution in [3.8, 4) is 11.3 Å². The number of para-hydroxylation sites is 2. The van der Waals surface area contributed by atoms with Crippen molar-refractivity contribution < 1.29 is 9.50 Å². The first kappa shape index (κ1) is 16.1. The fourth-order valence-electron chi connectivity index (χ4n) is 2.67. The largest absolute Gasteiger partial charge is 0.513 e. The number of aliphatic hydroxyl groups excluding tert-OH is 1. The van der Waals surface area contributed by atoms with Gasteiger partial charge >= 0.3 is 0 Å². The van der Waals surface area contributed by atoms with Crippen LogP contribution in [-0.4, -0.2) is 15.1 Å². The van der Waals surface area contributed by atoms with Crippen molar-refractivity contribution in [2.45, 2.75) is 25.7 Å². The van der Waals surface area contributed by atoms with Crippen molar-refractivity contribution in [3.05, 3.63) is 72.4 Å². The first-order valence-electron chi connectivity index (χ1n) is 8.02. The Bertz CT molecular complexity index is 859. The van der Waals surface area contributed by atoms with Gasteiger partial charge in [0, 0.05) is 12.0 Å². The Morgan fingerprint density at radius 1 is 0.958 bits per heavy atom. The van der Waals surface area contributed by atoms with Gasteiger partial charge in [-0.3, -0.25) is 0 Å². The van der Waals surface area contributed by atoms with Crippen molar-refractivity contribution in [1.82, 2.24) is 9.97 Å². The van der Waals surface area contributed by atoms with E-state index < -0.39 is 0 Å². The summed E-state index contributed by atoms with van der Waals surface area (Å²) in [5.74, 6) is -0.0612. The third kappa shape index (κ3) is 3.77. The predicted molar refractivity (Wildman–Crippen MR) is 94.3 cm³/mol. The van der Waals surface area contributed by atoms with E-state index in [0.29, 0.717) is 6.42 Å². The highest BCUT2D eigenvalue weighted by atomic mass is 19.1. The SMILES string of the molecule is C=C(O)CCCCc1nc2ccccc2nc1-c1ccc(F)cc1. The van der Waals surface area contributed by atoms with Crippen LogP contribution in [0.1, 0.15) is 25.0 Å². The van der Waals surface area contributed by atoms with E-state index in [0.717, 1.165) is 47.2 Å². The number of allylic oxidation sites excluding steroid dienone is 1. The number of aryl methyl sites for hydroxylation is 1. The zero-order valence-corrected chi connectivity index (χ0v) is 13.4. The molecule has 122 valence electrons. The maximum Gasteiger partial charge on any atom is 0.123 e. The third-order valence-corrected chi connectivity index (χ3v) is 3.89. The first-order chi connectivity index (χ1) is 11.6. The summed E-state index contributed by atoms with van der Waals surface area (Å²) in [7, 11) is 0. The van der Waals surface area contributed by atoms with Crippen LogP contribution in [0, 0.1) is 5.82 Å². The van der Waals surface area contributed by atoms with Gasteiger partial charge in [-0.2, -0.15) is 0 Å². The van der Waals surface area contributed by atoms with Crippen LogP contribution in [0.2, 0.25) is 0 Å². The maximum atomic E-state index is 13.2. The van der Waals surface area contributed by atoms with E-state index in [-0.39, 0.29) is 11.6 Å². The summed E-state index contributed by atoms with van der Waals surface area (Å²) < 4.78 is 13.2. The molecule has 3 nitrogen and oxygen atoms in total. The molecule has 4 heteroatoms. The number of rotatable bonds is 6. The number of aromatic nitrogens is 2. The van der Waals surface area contributed by atoms with Crippen LogP contribution in [0.15, 0.2) is 60.9 Å². The molecule has 0 saturated heterocycles. The Labute approximate surface area is 140 Å². The molecule has 0 fully saturated rings. The topological polar surface area (TPSA) is 46.0 Å². The molecule has 0 amide bonds. The predicted octanol–water partition coefficient (Wildman–Crippen LogP) is 5.22. The lowest BCUT2D eigenvalue weighted by Crippen LogP contribution is -2.00. The normalized spacial score (nSPS) is 10.9. The summed E-state index contributed by atoms with van der Waals surface area (Å²) in [5, 5.41) is 9.19. The van der Waals surface area contributed by atoms with Gasteiger partial charge in [-0.05, 0) is 55.7 Å². The molecule has 0 bridgehead atoms. The molecular weight excluding hydrogens is 303 g/mol. The molecule has 0 aliphatic rings. The molecule has 3 rings (SSSR count). The minimum atomic E-state index is -0.268. The lowest BCUT2D eigenvalue weighted by Gasteiger charge is -2.10. The molecule has 0 radical (unpaired) electrons. The van der Waals surface area contributed by atoms with Crippen LogP contribution in [-0.2, 0) is 6.42 Å². The second-order valence-corrected chi connectivity index (χ2v) is 5.79. The van der Waals surface area contributed by atoms with Crippen LogP contribution in [0.4, 0.5) is 4.39 Å². The second kappa shape index (κ2) is 7.21. The van der Waals surface area contributed by atoms with E-state index in [2.05, 4.69) is 6.58 Å². The molecule has 0 atom stereocenters. The van der Waals surface area contributed by atoms with Gasteiger partial charge in [0.1, 0.15) is 5.82 Å². The molecule has 3 aromatic rings. The summed E-state index contributed by atoms with van der Waals surface area (Å²) >= 11 is 0. The van der Waals surface area contributed by atoms with Crippen molar-refractivity contribution in [1.29, 1.82) is 0 Å². The van der Waals surface area contributed by atoms with Gasteiger partial charge in [0.05, 0.1) is 28.2 Å². The van der Waals surface area contributed by atoms with E-state index in [1.54, 1.807) is 12.1 Å². The summed E-state index contributed by atoms with van der Waals surface area (Å²) in [6.07, 6.45) is 3.05. The fraction of sp³-hybridized carbons (Fsp3) is 0.200. The monoisotopic (exact) mass is 322 g/mol. The van der Waals surface area contributed by atoms with Crippen LogP contribution in [0.3, 0.4) is 0 Å². The summed E-state index contributed by atoms with van der Waals surface area (Å²) in [5.41, 5.74) is 4.21. The van der Waals surface area contributed by atoms with Crippen molar-refractivity contribution in [3.63, 3.8) is 0 Å². The van der Waals surface area contributed by atoms with E-state index in [9.17, 15) is 9.50 Å². The summed E-state index contributed by atoms with van der Waals surface area (Å²) in [6.45, 7) is 3.51. The van der Waals surface area contributed by atoms with E-state index in [1.165, 1.54) is 12.1 Å². The molecule has 1 heterocycles. The molecule has 2 aromatic carbocycles. The standard InChI is InChI=1S/C20H19FN2O/c1-14(24)6-2-3-9-19-20(15-10-12-16(21)13-11-15)23-18-8-5-4-7-17(18)22-19/h4-5,7-8,10-13,24H,1-3,6,9H2. The number of hydrogen-bond donors (Lipinski definition) is 1. The number of fused-ring (bicyclic) bond motifs is 1. The van der Waals surface area contributed by atoms with Gasteiger partial charge in [0.25, 0.3) is 0 Å². The molecule has 1 N–H and O–H groups in total. The van der Waals surface area contributed by atoms with Crippen molar-refractivity contribution in [2.75, 3.05) is 0 Å². The van der Waals surface area contributed by atoms with Crippen LogP contribution in [0.25, 0.3) is 22.3 Å². The Morgan fingerprint density at radius 2 is 1.62 bits per heavy atom. The molecule has 0 aliphatic heterocycles. The molecular formula is C20H19FN2O. The highest BCUT2D eigenvalue weighted by molar-refractivity contribution is 5.78. The fourth-order valence-corrected chi connectivity index (χ4v) is 2.67. The Hall–Kier alpha value is -2.75. The van der Waals surface area contributed by atoms with Gasteiger partial charge in [0.2, 0.25) is 0 Å². The molecule has 0 saturated carbocycles. The van der Waals surface area contributed by atoms with Crippen LogP contribution < -0.4 is 0 Å². The number of hydrogen-bond acceptors (Lipinski definition) is 3. The smallest absolute Gasteiger partial charge is 0.123 e. The van der Waals surface area contributed by atoms with E-state index in [4.69, 9.17) is 9.97 Å². The van der Waals surface area contributed by atoms with Crippen LogP contribution in [0.5, 0.6) is 0 Å². The van der Waals surface area contributed by atoms with Gasteiger partial charge in [-0.25, -0.2) is 14.4 Å². The number of nitrogens with zero attached hydrogens (tertiary/aromatic N) is 2. The molecule has 0 spiro atoms. The third-order valence-electron chi connectivity index (χ3n) is 3.89. The Kier molecular flexibility index (Phi) is 4.85. The quantitative estimate of drug-likeness (QED) is 0.500. The van der Waals surface area contributed by atoms with Gasteiger partial charge in [-0.1, -0.05) is 18.7 Å². The van der Waals surface area contributed by atoms with Gasteiger partial charge < -0.3 is 5.11 Å². The second-order valence-electron chi connectivity index (χ2n) is 5.79. The van der Waals surface area contributed by atoms with E-state index >= 15 is 0 Å². The Morgan fingerprint density at radius 3 is 2.29 bits per heavy atom. The van der Waals surface area contributed by atoms with Crippen molar-refractivity contribution >= 4 is 11.0 Å². The molecule has 0 unspecified atom stereocenters. The molecule has 24 heavy (non-hydrogen) atoms. The van der Waals surface area contributed by atoms with Crippen LogP contribution >= 0.6 is 0 Å². The number of benzene rings is 2. The Balaban J connectivity index is 1.95. The number of halogens is 1. The lowest BCUT2D eigenvalue weighted by atomic mass is 10.0. The van der Waals surface area contributed by atoms with Gasteiger partial charge in [0.15, 0.2) is 0 Å². The summed E-state index contributed by atoms with van der Waals surface area (Å²) in [4.78, 5) is 9.49.